The topological polar surface area (TPSA) is 52.1 Å². The normalized spacial score (nSPS) is 22.8. The number of benzene rings is 1. The van der Waals surface area contributed by atoms with E-state index >= 15 is 0 Å². The molecule has 0 N–H and O–H groups in total. The van der Waals surface area contributed by atoms with Gasteiger partial charge in [0.05, 0.1) is 18.7 Å². The second-order valence-electron chi connectivity index (χ2n) is 7.11. The number of nitrogens with zero attached hydrogens (tertiary/aromatic N) is 2. The van der Waals surface area contributed by atoms with Crippen LogP contribution in [0.3, 0.4) is 0 Å². The largest absolute Gasteiger partial charge is 0.469 e. The summed E-state index contributed by atoms with van der Waals surface area (Å²) in [5, 5.41) is 6.97. The lowest BCUT2D eigenvalue weighted by atomic mass is 9.80. The second-order valence-corrected chi connectivity index (χ2v) is 7.11. The Balaban J connectivity index is 1.90. The molecule has 1 aromatic carbocycles. The molecule has 1 saturated carbocycles. The van der Waals surface area contributed by atoms with Crippen LogP contribution >= 0.6 is 0 Å². The predicted molar refractivity (Wildman–Crippen MR) is 92.8 cm³/mol. The number of alkyl halides is 3. The van der Waals surface area contributed by atoms with Gasteiger partial charge < -0.3 is 4.74 Å². The van der Waals surface area contributed by atoms with Crippen molar-refractivity contribution in [3.8, 4) is 0 Å². The molecule has 4 nitrogen and oxygen atoms in total. The number of rotatable bonds is 3. The highest BCUT2D eigenvalue weighted by molar-refractivity contribution is 5.73. The summed E-state index contributed by atoms with van der Waals surface area (Å²) < 4.78 is 70.7. The van der Waals surface area contributed by atoms with Gasteiger partial charge in [-0.15, -0.1) is 5.10 Å². The van der Waals surface area contributed by atoms with Gasteiger partial charge >= 0.3 is 12.1 Å². The lowest BCUT2D eigenvalue weighted by molar-refractivity contribution is -0.146. The molecule has 0 saturated heterocycles. The first-order valence-corrected chi connectivity index (χ1v) is 9.14. The smallest absolute Gasteiger partial charge is 0.435 e. The molecule has 29 heavy (non-hydrogen) atoms. The van der Waals surface area contributed by atoms with E-state index in [9.17, 15) is 26.7 Å². The van der Waals surface area contributed by atoms with Gasteiger partial charge in [0.1, 0.15) is 11.6 Å². The Labute approximate surface area is 164 Å². The molecule has 1 fully saturated rings. The van der Waals surface area contributed by atoms with E-state index in [2.05, 4.69) is 10.2 Å². The fourth-order valence-electron chi connectivity index (χ4n) is 3.94. The molecule has 156 valence electrons. The Morgan fingerprint density at radius 1 is 1.10 bits per heavy atom. The third kappa shape index (κ3) is 4.71. The second kappa shape index (κ2) is 8.42. The Hall–Kier alpha value is -2.58. The average Bonchev–Trinajstić information content (AvgIpc) is 2.90. The number of aromatic nitrogens is 2. The van der Waals surface area contributed by atoms with Crippen LogP contribution in [0.1, 0.15) is 54.5 Å². The lowest BCUT2D eigenvalue weighted by Gasteiger charge is -2.25. The van der Waals surface area contributed by atoms with E-state index in [4.69, 9.17) is 4.74 Å². The van der Waals surface area contributed by atoms with Gasteiger partial charge in [-0.2, -0.15) is 18.3 Å². The molecular formula is C20H19F5N2O2. The van der Waals surface area contributed by atoms with Crippen LogP contribution in [0.4, 0.5) is 22.0 Å². The summed E-state index contributed by atoms with van der Waals surface area (Å²) in [4.78, 5) is 12.4. The Kier molecular flexibility index (Phi) is 6.14. The SMILES string of the molecule is COC(=O)[C@@H]1CC(c2ccc(C(F)(F)F)nn2)CCC[C@H]1c1ccc(F)cc1F. The molecular weight excluding hydrogens is 395 g/mol. The molecule has 0 bridgehead atoms. The van der Waals surface area contributed by atoms with Crippen molar-refractivity contribution in [1.82, 2.24) is 10.2 Å². The van der Waals surface area contributed by atoms with E-state index in [0.717, 1.165) is 18.2 Å². The van der Waals surface area contributed by atoms with Gasteiger partial charge in [0.2, 0.25) is 0 Å². The van der Waals surface area contributed by atoms with Crippen molar-refractivity contribution in [3.63, 3.8) is 0 Å². The minimum absolute atomic E-state index is 0.216. The summed E-state index contributed by atoms with van der Waals surface area (Å²) in [5.74, 6) is -3.61. The van der Waals surface area contributed by atoms with Gasteiger partial charge in [-0.1, -0.05) is 12.5 Å². The van der Waals surface area contributed by atoms with Crippen LogP contribution in [-0.4, -0.2) is 23.3 Å². The number of halogens is 5. The summed E-state index contributed by atoms with van der Waals surface area (Å²) in [7, 11) is 1.22. The third-order valence-electron chi connectivity index (χ3n) is 5.35. The maximum absolute atomic E-state index is 14.4. The number of carbonyl (C=O) groups excluding carboxylic acids is 1. The first kappa shape index (κ1) is 21.1. The number of hydrogen-bond donors (Lipinski definition) is 0. The van der Waals surface area contributed by atoms with E-state index in [1.54, 1.807) is 0 Å². The van der Waals surface area contributed by atoms with Crippen molar-refractivity contribution in [2.24, 2.45) is 5.92 Å². The zero-order valence-electron chi connectivity index (χ0n) is 15.5. The fraction of sp³-hybridized carbons (Fsp3) is 0.450. The molecule has 1 aliphatic rings. The maximum atomic E-state index is 14.4. The van der Waals surface area contributed by atoms with Gasteiger partial charge in [-0.25, -0.2) is 8.78 Å². The van der Waals surface area contributed by atoms with Gasteiger partial charge in [-0.3, -0.25) is 4.79 Å². The van der Waals surface area contributed by atoms with Gasteiger partial charge in [0.25, 0.3) is 0 Å². The monoisotopic (exact) mass is 414 g/mol. The summed E-state index contributed by atoms with van der Waals surface area (Å²) >= 11 is 0. The Morgan fingerprint density at radius 3 is 2.45 bits per heavy atom. The van der Waals surface area contributed by atoms with Crippen molar-refractivity contribution in [3.05, 3.63) is 58.9 Å². The third-order valence-corrected chi connectivity index (χ3v) is 5.35. The first-order valence-electron chi connectivity index (χ1n) is 9.14. The minimum atomic E-state index is -4.59. The van der Waals surface area contributed by atoms with Crippen LogP contribution in [0, 0.1) is 17.6 Å². The van der Waals surface area contributed by atoms with Crippen molar-refractivity contribution in [2.45, 2.75) is 43.7 Å². The zero-order valence-corrected chi connectivity index (χ0v) is 15.5. The van der Waals surface area contributed by atoms with Gasteiger partial charge in [0, 0.05) is 17.9 Å². The molecule has 1 aromatic heterocycles. The molecule has 0 aliphatic heterocycles. The van der Waals surface area contributed by atoms with E-state index < -0.39 is 41.3 Å². The number of carbonyl (C=O) groups is 1. The average molecular weight is 414 g/mol. The number of ether oxygens (including phenoxy) is 1. The number of esters is 1. The highest BCUT2D eigenvalue weighted by Gasteiger charge is 2.38. The fourth-order valence-corrected chi connectivity index (χ4v) is 3.94. The molecule has 1 heterocycles. The van der Waals surface area contributed by atoms with E-state index in [0.29, 0.717) is 25.0 Å². The molecule has 0 radical (unpaired) electrons. The van der Waals surface area contributed by atoms with Gasteiger partial charge in [-0.05, 0) is 43.0 Å². The van der Waals surface area contributed by atoms with Gasteiger partial charge in [0.15, 0.2) is 5.69 Å². The Morgan fingerprint density at radius 2 is 1.86 bits per heavy atom. The van der Waals surface area contributed by atoms with Crippen LogP contribution < -0.4 is 0 Å². The van der Waals surface area contributed by atoms with E-state index in [-0.39, 0.29) is 17.9 Å². The molecule has 3 rings (SSSR count). The van der Waals surface area contributed by atoms with Crippen LogP contribution in [-0.2, 0) is 15.7 Å². The quantitative estimate of drug-likeness (QED) is 0.403. The molecule has 9 heteroatoms. The molecule has 0 amide bonds. The van der Waals surface area contributed by atoms with Crippen molar-refractivity contribution < 1.29 is 31.5 Å². The molecule has 2 aromatic rings. The lowest BCUT2D eigenvalue weighted by Crippen LogP contribution is -2.25. The molecule has 3 atom stereocenters. The summed E-state index contributed by atoms with van der Waals surface area (Å²) in [6.07, 6.45) is -2.79. The number of methoxy groups -OCH3 is 1. The number of hydrogen-bond acceptors (Lipinski definition) is 4. The highest BCUT2D eigenvalue weighted by Crippen LogP contribution is 2.43. The summed E-state index contributed by atoms with van der Waals surface area (Å²) in [5.41, 5.74) is -0.529. The summed E-state index contributed by atoms with van der Waals surface area (Å²) in [6.45, 7) is 0. The highest BCUT2D eigenvalue weighted by atomic mass is 19.4. The zero-order chi connectivity index (χ0) is 21.2. The summed E-state index contributed by atoms with van der Waals surface area (Å²) in [6, 6.07) is 5.35. The maximum Gasteiger partial charge on any atom is 0.435 e. The van der Waals surface area contributed by atoms with Crippen molar-refractivity contribution in [2.75, 3.05) is 7.11 Å². The molecule has 0 spiro atoms. The van der Waals surface area contributed by atoms with E-state index in [1.165, 1.54) is 19.2 Å². The van der Waals surface area contributed by atoms with Crippen LogP contribution in [0.15, 0.2) is 30.3 Å². The van der Waals surface area contributed by atoms with Crippen LogP contribution in [0.5, 0.6) is 0 Å². The molecule has 1 unspecified atom stereocenters. The Bertz CT molecular complexity index is 870. The van der Waals surface area contributed by atoms with Crippen LogP contribution in [0.25, 0.3) is 0 Å². The van der Waals surface area contributed by atoms with E-state index in [1.807, 2.05) is 0 Å². The van der Waals surface area contributed by atoms with Crippen molar-refractivity contribution in [1.29, 1.82) is 0 Å². The first-order chi connectivity index (χ1) is 13.7. The minimum Gasteiger partial charge on any atom is -0.469 e. The predicted octanol–water partition coefficient (Wildman–Crippen LogP) is 5.00. The van der Waals surface area contributed by atoms with Crippen LogP contribution in [0.2, 0.25) is 0 Å². The van der Waals surface area contributed by atoms with Crippen molar-refractivity contribution >= 4 is 5.97 Å². The standard InChI is InChI=1S/C20H19F5N2O2/c1-29-19(28)15-9-11(17-7-8-18(27-26-17)20(23,24)25)3-2-4-13(15)14-6-5-12(21)10-16(14)22/h5-8,10-11,13,15H,2-4,9H2,1H3/t11?,13-,15+/m0/s1. The molecule has 1 aliphatic carbocycles.